The lowest BCUT2D eigenvalue weighted by atomic mass is 10.1. The van der Waals surface area contributed by atoms with Crippen LogP contribution in [-0.2, 0) is 0 Å². The monoisotopic (exact) mass is 220 g/mol. The predicted molar refractivity (Wildman–Crippen MR) is 63.0 cm³/mol. The molecule has 0 radical (unpaired) electrons. The van der Waals surface area contributed by atoms with E-state index >= 15 is 0 Å². The van der Waals surface area contributed by atoms with Gasteiger partial charge >= 0.3 is 0 Å². The minimum Gasteiger partial charge on any atom is -0.383 e. The molecule has 5 heteroatoms. The maximum absolute atomic E-state index is 5.88. The van der Waals surface area contributed by atoms with Crippen molar-refractivity contribution in [3.63, 3.8) is 0 Å². The van der Waals surface area contributed by atoms with Crippen molar-refractivity contribution in [2.75, 3.05) is 12.0 Å². The van der Waals surface area contributed by atoms with Gasteiger partial charge in [0.05, 0.1) is 5.39 Å². The highest BCUT2D eigenvalue weighted by Gasteiger charge is 2.08. The molecule has 0 unspecified atom stereocenters. The van der Waals surface area contributed by atoms with Gasteiger partial charge in [-0.2, -0.15) is 0 Å². The summed E-state index contributed by atoms with van der Waals surface area (Å²) in [6, 6.07) is 1.99. The van der Waals surface area contributed by atoms with Crippen molar-refractivity contribution in [3.8, 4) is 0 Å². The Balaban J connectivity index is 2.85. The molecule has 0 atom stereocenters. The first-order valence-electron chi connectivity index (χ1n) is 4.57. The first kappa shape index (κ1) is 10.2. The summed E-state index contributed by atoms with van der Waals surface area (Å²) in [5, 5.41) is 1.52. The smallest absolute Gasteiger partial charge is 0.191 e. The summed E-state index contributed by atoms with van der Waals surface area (Å²) >= 11 is 1.47. The van der Waals surface area contributed by atoms with Gasteiger partial charge in [0.1, 0.15) is 5.82 Å². The maximum atomic E-state index is 5.88. The largest absolute Gasteiger partial charge is 0.383 e. The average Bonchev–Trinajstić information content (AvgIpc) is 2.15. The molecular formula is C10H12N4S. The van der Waals surface area contributed by atoms with Crippen LogP contribution in [0.4, 0.5) is 5.82 Å². The van der Waals surface area contributed by atoms with E-state index in [1.54, 1.807) is 0 Å². The summed E-state index contributed by atoms with van der Waals surface area (Å²) in [6.07, 6.45) is 1.92. The van der Waals surface area contributed by atoms with Crippen LogP contribution in [-0.4, -0.2) is 21.2 Å². The number of anilines is 1. The summed E-state index contributed by atoms with van der Waals surface area (Å²) in [5.74, 6) is 0.509. The number of rotatable bonds is 1. The van der Waals surface area contributed by atoms with Crippen LogP contribution >= 0.6 is 11.8 Å². The Morgan fingerprint density at radius 3 is 2.60 bits per heavy atom. The Morgan fingerprint density at radius 2 is 1.93 bits per heavy atom. The van der Waals surface area contributed by atoms with Crippen molar-refractivity contribution >= 4 is 28.6 Å². The van der Waals surface area contributed by atoms with Crippen LogP contribution in [0.2, 0.25) is 0 Å². The first-order valence-corrected chi connectivity index (χ1v) is 5.79. The molecule has 78 valence electrons. The number of nitrogen functional groups attached to an aromatic ring is 1. The van der Waals surface area contributed by atoms with Crippen molar-refractivity contribution in [1.82, 2.24) is 15.0 Å². The van der Waals surface area contributed by atoms with E-state index in [1.807, 2.05) is 26.2 Å². The molecule has 0 aromatic carbocycles. The minimum absolute atomic E-state index is 0.509. The van der Waals surface area contributed by atoms with Gasteiger partial charge in [-0.15, -0.1) is 0 Å². The number of aryl methyl sites for hydroxylation is 2. The van der Waals surface area contributed by atoms with Crippen molar-refractivity contribution in [3.05, 3.63) is 17.3 Å². The summed E-state index contributed by atoms with van der Waals surface area (Å²) in [7, 11) is 0. The van der Waals surface area contributed by atoms with Gasteiger partial charge in [-0.05, 0) is 31.7 Å². The fourth-order valence-corrected chi connectivity index (χ4v) is 1.95. The molecule has 2 N–H and O–H groups in total. The number of pyridine rings is 1. The van der Waals surface area contributed by atoms with Crippen LogP contribution < -0.4 is 5.73 Å². The molecule has 2 rings (SSSR count). The summed E-state index contributed by atoms with van der Waals surface area (Å²) in [5.41, 5.74) is 8.58. The molecule has 0 saturated carbocycles. The van der Waals surface area contributed by atoms with E-state index in [4.69, 9.17) is 5.73 Å². The fourth-order valence-electron chi connectivity index (χ4n) is 1.58. The Bertz CT molecular complexity index is 524. The standard InChI is InChI=1S/C10H12N4S/c1-5-4-6(2)12-9-7(5)8(11)13-10(14-9)15-3/h4H,1-3H3,(H2,11,12,13,14). The first-order chi connectivity index (χ1) is 7.11. The second-order valence-electron chi connectivity index (χ2n) is 3.37. The van der Waals surface area contributed by atoms with Gasteiger partial charge in [-0.1, -0.05) is 11.8 Å². The lowest BCUT2D eigenvalue weighted by molar-refractivity contribution is 0.991. The van der Waals surface area contributed by atoms with Gasteiger partial charge < -0.3 is 5.73 Å². The highest BCUT2D eigenvalue weighted by atomic mass is 32.2. The van der Waals surface area contributed by atoms with E-state index in [2.05, 4.69) is 15.0 Å². The molecule has 0 aliphatic rings. The Morgan fingerprint density at radius 1 is 1.20 bits per heavy atom. The number of fused-ring (bicyclic) bond motifs is 1. The van der Waals surface area contributed by atoms with E-state index in [9.17, 15) is 0 Å². The third-order valence-electron chi connectivity index (χ3n) is 2.18. The second kappa shape index (κ2) is 3.66. The van der Waals surface area contributed by atoms with Crippen molar-refractivity contribution in [2.45, 2.75) is 19.0 Å². The number of aromatic nitrogens is 3. The van der Waals surface area contributed by atoms with Gasteiger partial charge in [0.25, 0.3) is 0 Å². The van der Waals surface area contributed by atoms with Gasteiger partial charge in [-0.25, -0.2) is 15.0 Å². The number of nitrogens with two attached hydrogens (primary N) is 1. The second-order valence-corrected chi connectivity index (χ2v) is 4.15. The Hall–Kier alpha value is -1.36. The normalized spacial score (nSPS) is 10.9. The van der Waals surface area contributed by atoms with Gasteiger partial charge in [0, 0.05) is 5.69 Å². The van der Waals surface area contributed by atoms with Crippen LogP contribution in [0.25, 0.3) is 11.0 Å². The zero-order valence-corrected chi connectivity index (χ0v) is 9.72. The number of nitrogens with zero attached hydrogens (tertiary/aromatic N) is 3. The molecular weight excluding hydrogens is 208 g/mol. The maximum Gasteiger partial charge on any atom is 0.191 e. The van der Waals surface area contributed by atoms with E-state index in [1.165, 1.54) is 11.8 Å². The molecule has 0 bridgehead atoms. The van der Waals surface area contributed by atoms with Crippen molar-refractivity contribution < 1.29 is 0 Å². The minimum atomic E-state index is 0.509. The predicted octanol–water partition coefficient (Wildman–Crippen LogP) is 1.95. The quantitative estimate of drug-likeness (QED) is 0.587. The van der Waals surface area contributed by atoms with Gasteiger partial charge in [-0.3, -0.25) is 0 Å². The molecule has 2 heterocycles. The summed E-state index contributed by atoms with van der Waals surface area (Å²) < 4.78 is 0. The van der Waals surface area contributed by atoms with E-state index in [-0.39, 0.29) is 0 Å². The molecule has 0 amide bonds. The van der Waals surface area contributed by atoms with Gasteiger partial charge in [0.15, 0.2) is 10.8 Å². The molecule has 0 aliphatic heterocycles. The molecule has 0 spiro atoms. The van der Waals surface area contributed by atoms with Crippen LogP contribution in [0, 0.1) is 13.8 Å². The highest BCUT2D eigenvalue weighted by Crippen LogP contribution is 2.23. The lowest BCUT2D eigenvalue weighted by Crippen LogP contribution is -2.00. The molecule has 2 aromatic heterocycles. The number of thioether (sulfide) groups is 1. The van der Waals surface area contributed by atoms with Crippen LogP contribution in [0.1, 0.15) is 11.3 Å². The number of hydrogen-bond acceptors (Lipinski definition) is 5. The SMILES string of the molecule is CSc1nc(N)c2c(C)cc(C)nc2n1. The summed E-state index contributed by atoms with van der Waals surface area (Å²) in [6.45, 7) is 3.94. The van der Waals surface area contributed by atoms with E-state index < -0.39 is 0 Å². The van der Waals surface area contributed by atoms with E-state index in [0.29, 0.717) is 16.6 Å². The zero-order valence-electron chi connectivity index (χ0n) is 8.90. The molecule has 0 fully saturated rings. The van der Waals surface area contributed by atoms with Crippen LogP contribution in [0.5, 0.6) is 0 Å². The molecule has 0 aliphatic carbocycles. The molecule has 2 aromatic rings. The zero-order chi connectivity index (χ0) is 11.0. The Labute approximate surface area is 92.3 Å². The lowest BCUT2D eigenvalue weighted by Gasteiger charge is -2.06. The third kappa shape index (κ3) is 1.74. The van der Waals surface area contributed by atoms with Crippen LogP contribution in [0.15, 0.2) is 11.2 Å². The van der Waals surface area contributed by atoms with Crippen LogP contribution in [0.3, 0.4) is 0 Å². The third-order valence-corrected chi connectivity index (χ3v) is 2.73. The van der Waals surface area contributed by atoms with Crippen molar-refractivity contribution in [1.29, 1.82) is 0 Å². The average molecular weight is 220 g/mol. The molecule has 0 saturated heterocycles. The van der Waals surface area contributed by atoms with Crippen molar-refractivity contribution in [2.24, 2.45) is 0 Å². The molecule has 4 nitrogen and oxygen atoms in total. The number of hydrogen-bond donors (Lipinski definition) is 1. The molecule has 15 heavy (non-hydrogen) atoms. The Kier molecular flexibility index (Phi) is 2.48. The highest BCUT2D eigenvalue weighted by molar-refractivity contribution is 7.98. The summed E-state index contributed by atoms with van der Waals surface area (Å²) in [4.78, 5) is 12.9. The topological polar surface area (TPSA) is 64.7 Å². The fraction of sp³-hybridized carbons (Fsp3) is 0.300. The van der Waals surface area contributed by atoms with E-state index in [0.717, 1.165) is 16.6 Å². The van der Waals surface area contributed by atoms with Gasteiger partial charge in [0.2, 0.25) is 0 Å².